The van der Waals surface area contributed by atoms with Crippen molar-refractivity contribution in [2.24, 2.45) is 5.73 Å². The van der Waals surface area contributed by atoms with Gasteiger partial charge in [0, 0.05) is 25.7 Å². The highest BCUT2D eigenvalue weighted by molar-refractivity contribution is 5.45. The molecule has 1 saturated heterocycles. The van der Waals surface area contributed by atoms with Crippen molar-refractivity contribution in [3.63, 3.8) is 0 Å². The lowest BCUT2D eigenvalue weighted by Crippen LogP contribution is -2.30. The van der Waals surface area contributed by atoms with Crippen molar-refractivity contribution in [2.75, 3.05) is 24.6 Å². The molecule has 2 atom stereocenters. The largest absolute Gasteiger partial charge is 0.377 e. The van der Waals surface area contributed by atoms with Gasteiger partial charge in [0.25, 0.3) is 0 Å². The van der Waals surface area contributed by atoms with Crippen molar-refractivity contribution >= 4 is 5.69 Å². The maximum Gasteiger partial charge on any atom is 0.0721 e. The summed E-state index contributed by atoms with van der Waals surface area (Å²) in [5.74, 6) is 0. The number of pyridine rings is 1. The van der Waals surface area contributed by atoms with E-state index in [9.17, 15) is 0 Å². The Bertz CT molecular complexity index is 350. The molecule has 0 spiro atoms. The maximum atomic E-state index is 5.79. The molecule has 0 bridgehead atoms. The average Bonchev–Trinajstić information content (AvgIpc) is 2.54. The summed E-state index contributed by atoms with van der Waals surface area (Å²) in [4.78, 5) is 6.73. The molecule has 1 aliphatic heterocycles. The second-order valence-electron chi connectivity index (χ2n) is 4.71. The molecule has 1 aromatic rings. The van der Waals surface area contributed by atoms with E-state index in [4.69, 9.17) is 10.5 Å². The summed E-state index contributed by atoms with van der Waals surface area (Å²) < 4.78 is 5.63. The lowest BCUT2D eigenvalue weighted by Gasteiger charge is -2.24. The number of aromatic nitrogens is 1. The SMILES string of the molecule is CC1CN(c2ccc([C@H](C)N)nc2)CCCO1. The van der Waals surface area contributed by atoms with Crippen LogP contribution in [0.2, 0.25) is 0 Å². The summed E-state index contributed by atoms with van der Waals surface area (Å²) in [5.41, 5.74) is 7.89. The monoisotopic (exact) mass is 235 g/mol. The number of nitrogens with two attached hydrogens (primary N) is 1. The van der Waals surface area contributed by atoms with Gasteiger partial charge in [0.1, 0.15) is 0 Å². The Balaban J connectivity index is 2.10. The first-order valence-corrected chi connectivity index (χ1v) is 6.25. The first-order valence-electron chi connectivity index (χ1n) is 6.25. The molecule has 4 nitrogen and oxygen atoms in total. The molecule has 2 N–H and O–H groups in total. The third-order valence-corrected chi connectivity index (χ3v) is 3.05. The molecule has 4 heteroatoms. The molecule has 0 amide bonds. The molecule has 1 aromatic heterocycles. The van der Waals surface area contributed by atoms with Gasteiger partial charge < -0.3 is 15.4 Å². The second-order valence-corrected chi connectivity index (χ2v) is 4.71. The van der Waals surface area contributed by atoms with E-state index in [1.165, 1.54) is 0 Å². The predicted octanol–water partition coefficient (Wildman–Crippen LogP) is 1.72. The van der Waals surface area contributed by atoms with E-state index < -0.39 is 0 Å². The van der Waals surface area contributed by atoms with E-state index in [0.717, 1.165) is 37.5 Å². The summed E-state index contributed by atoms with van der Waals surface area (Å²) >= 11 is 0. The van der Waals surface area contributed by atoms with Crippen molar-refractivity contribution in [3.8, 4) is 0 Å². The van der Waals surface area contributed by atoms with Gasteiger partial charge in [-0.3, -0.25) is 4.98 Å². The van der Waals surface area contributed by atoms with Crippen molar-refractivity contribution in [1.82, 2.24) is 4.98 Å². The van der Waals surface area contributed by atoms with E-state index in [1.807, 2.05) is 19.2 Å². The Morgan fingerprint density at radius 3 is 3.00 bits per heavy atom. The molecule has 0 radical (unpaired) electrons. The summed E-state index contributed by atoms with van der Waals surface area (Å²) in [5, 5.41) is 0. The fourth-order valence-corrected chi connectivity index (χ4v) is 2.08. The molecule has 2 heterocycles. The normalized spacial score (nSPS) is 23.2. The van der Waals surface area contributed by atoms with Gasteiger partial charge in [-0.2, -0.15) is 0 Å². The molecular weight excluding hydrogens is 214 g/mol. The molecular formula is C13H21N3O. The molecule has 1 aliphatic rings. The standard InChI is InChI=1S/C13H21N3O/c1-10-9-16(6-3-7-17-10)12-4-5-13(11(2)14)15-8-12/h4-5,8,10-11H,3,6-7,9,14H2,1-2H3/t10?,11-/m0/s1. The predicted molar refractivity (Wildman–Crippen MR) is 69.1 cm³/mol. The molecule has 1 unspecified atom stereocenters. The fraction of sp³-hybridized carbons (Fsp3) is 0.615. The molecule has 0 aromatic carbocycles. The van der Waals surface area contributed by atoms with E-state index in [2.05, 4.69) is 22.9 Å². The van der Waals surface area contributed by atoms with E-state index in [0.29, 0.717) is 0 Å². The smallest absolute Gasteiger partial charge is 0.0721 e. The van der Waals surface area contributed by atoms with Crippen molar-refractivity contribution < 1.29 is 4.74 Å². The summed E-state index contributed by atoms with van der Waals surface area (Å²) in [6.45, 7) is 6.87. The second kappa shape index (κ2) is 5.47. The van der Waals surface area contributed by atoms with Crippen LogP contribution in [0.5, 0.6) is 0 Å². The van der Waals surface area contributed by atoms with Crippen LogP contribution in [-0.2, 0) is 4.74 Å². The van der Waals surface area contributed by atoms with Crippen LogP contribution in [0.25, 0.3) is 0 Å². The zero-order chi connectivity index (χ0) is 12.3. The van der Waals surface area contributed by atoms with E-state index in [1.54, 1.807) is 0 Å². The first kappa shape index (κ1) is 12.3. The van der Waals surface area contributed by atoms with Crippen LogP contribution in [0.1, 0.15) is 32.0 Å². The van der Waals surface area contributed by atoms with Crippen molar-refractivity contribution in [3.05, 3.63) is 24.0 Å². The zero-order valence-corrected chi connectivity index (χ0v) is 10.6. The number of nitrogens with zero attached hydrogens (tertiary/aromatic N) is 2. The quantitative estimate of drug-likeness (QED) is 0.848. The number of hydrogen-bond donors (Lipinski definition) is 1. The lowest BCUT2D eigenvalue weighted by atomic mass is 10.2. The van der Waals surface area contributed by atoms with Gasteiger partial charge in [0.05, 0.1) is 23.7 Å². The minimum Gasteiger partial charge on any atom is -0.377 e. The topological polar surface area (TPSA) is 51.4 Å². The van der Waals surface area contributed by atoms with Crippen molar-refractivity contribution in [2.45, 2.75) is 32.4 Å². The minimum atomic E-state index is -0.00422. The van der Waals surface area contributed by atoms with Crippen LogP contribution in [0, 0.1) is 0 Å². The Morgan fingerprint density at radius 1 is 1.53 bits per heavy atom. The number of rotatable bonds is 2. The third kappa shape index (κ3) is 3.17. The number of ether oxygens (including phenoxy) is 1. The minimum absolute atomic E-state index is 0.00422. The van der Waals surface area contributed by atoms with Crippen molar-refractivity contribution in [1.29, 1.82) is 0 Å². The van der Waals surface area contributed by atoms with Gasteiger partial charge in [-0.05, 0) is 32.4 Å². The Hall–Kier alpha value is -1.13. The molecule has 17 heavy (non-hydrogen) atoms. The Morgan fingerprint density at radius 2 is 2.35 bits per heavy atom. The fourth-order valence-electron chi connectivity index (χ4n) is 2.08. The van der Waals surface area contributed by atoms with Gasteiger partial charge in [-0.15, -0.1) is 0 Å². The van der Waals surface area contributed by atoms with Crippen LogP contribution in [0.15, 0.2) is 18.3 Å². The van der Waals surface area contributed by atoms with Gasteiger partial charge in [-0.25, -0.2) is 0 Å². The van der Waals surface area contributed by atoms with Crippen LogP contribution in [0.3, 0.4) is 0 Å². The average molecular weight is 235 g/mol. The van der Waals surface area contributed by atoms with Crippen LogP contribution >= 0.6 is 0 Å². The molecule has 0 saturated carbocycles. The maximum absolute atomic E-state index is 5.79. The highest BCUT2D eigenvalue weighted by Gasteiger charge is 2.15. The zero-order valence-electron chi connectivity index (χ0n) is 10.6. The van der Waals surface area contributed by atoms with E-state index in [-0.39, 0.29) is 12.1 Å². The Kier molecular flexibility index (Phi) is 3.97. The van der Waals surface area contributed by atoms with Crippen LogP contribution < -0.4 is 10.6 Å². The van der Waals surface area contributed by atoms with Crippen LogP contribution in [0.4, 0.5) is 5.69 Å². The van der Waals surface area contributed by atoms with E-state index >= 15 is 0 Å². The number of anilines is 1. The third-order valence-electron chi connectivity index (χ3n) is 3.05. The molecule has 0 aliphatic carbocycles. The van der Waals surface area contributed by atoms with Gasteiger partial charge in [-0.1, -0.05) is 0 Å². The van der Waals surface area contributed by atoms with Gasteiger partial charge >= 0.3 is 0 Å². The molecule has 2 rings (SSSR count). The highest BCUT2D eigenvalue weighted by Crippen LogP contribution is 2.18. The molecule has 1 fully saturated rings. The summed E-state index contributed by atoms with van der Waals surface area (Å²) in [6.07, 6.45) is 3.27. The lowest BCUT2D eigenvalue weighted by molar-refractivity contribution is 0.0821. The Labute approximate surface area is 103 Å². The first-order chi connectivity index (χ1) is 8.16. The summed E-state index contributed by atoms with van der Waals surface area (Å²) in [7, 11) is 0. The molecule has 94 valence electrons. The summed E-state index contributed by atoms with van der Waals surface area (Å²) in [6, 6.07) is 4.11. The van der Waals surface area contributed by atoms with Gasteiger partial charge in [0.2, 0.25) is 0 Å². The number of hydrogen-bond acceptors (Lipinski definition) is 4. The van der Waals surface area contributed by atoms with Gasteiger partial charge in [0.15, 0.2) is 0 Å². The highest BCUT2D eigenvalue weighted by atomic mass is 16.5. The van der Waals surface area contributed by atoms with Crippen LogP contribution in [-0.4, -0.2) is 30.8 Å².